The van der Waals surface area contributed by atoms with Crippen LogP contribution in [0.1, 0.15) is 6.92 Å². The molecule has 1 N–H and O–H groups in total. The minimum absolute atomic E-state index is 0.230. The average Bonchev–Trinajstić information content (AvgIpc) is 2.28. The summed E-state index contributed by atoms with van der Waals surface area (Å²) >= 11 is 0. The third kappa shape index (κ3) is 4.72. The van der Waals surface area contributed by atoms with Crippen LogP contribution in [0.5, 0.6) is 5.75 Å². The Morgan fingerprint density at radius 1 is 1.29 bits per heavy atom. The Morgan fingerprint density at radius 3 is 2.41 bits per heavy atom. The first-order valence-corrected chi connectivity index (χ1v) is 6.74. The summed E-state index contributed by atoms with van der Waals surface area (Å²) in [6.45, 7) is 2.04. The summed E-state index contributed by atoms with van der Waals surface area (Å²) < 4.78 is 32.0. The van der Waals surface area contributed by atoms with Crippen molar-refractivity contribution in [1.82, 2.24) is 9.03 Å². The summed E-state index contributed by atoms with van der Waals surface area (Å²) in [5.74, 6) is 0.726. The second kappa shape index (κ2) is 6.00. The molecule has 0 aromatic heterocycles. The molecule has 1 rings (SSSR count). The fraction of sp³-hybridized carbons (Fsp3) is 0.455. The smallest absolute Gasteiger partial charge is 0.279 e. The Labute approximate surface area is 103 Å². The van der Waals surface area contributed by atoms with Crippen molar-refractivity contribution in [1.29, 1.82) is 0 Å². The summed E-state index contributed by atoms with van der Waals surface area (Å²) in [6, 6.07) is 9.29. The monoisotopic (exact) mass is 258 g/mol. The lowest BCUT2D eigenvalue weighted by Crippen LogP contribution is -2.40. The van der Waals surface area contributed by atoms with Crippen LogP contribution in [0, 0.1) is 0 Å². The van der Waals surface area contributed by atoms with Crippen molar-refractivity contribution in [2.24, 2.45) is 0 Å². The molecule has 0 fully saturated rings. The van der Waals surface area contributed by atoms with Gasteiger partial charge in [0.1, 0.15) is 11.9 Å². The van der Waals surface area contributed by atoms with E-state index in [0.717, 1.165) is 10.1 Å². The van der Waals surface area contributed by atoms with Crippen molar-refractivity contribution >= 4 is 10.2 Å². The standard InChI is InChI=1S/C11H18N2O3S/c1-10(9-12-17(14,15)13(2)3)16-11-7-5-4-6-8-11/h4-8,10,12H,9H2,1-3H3/t10-/m1/s1. The highest BCUT2D eigenvalue weighted by atomic mass is 32.2. The van der Waals surface area contributed by atoms with Gasteiger partial charge in [-0.15, -0.1) is 0 Å². The molecule has 0 aliphatic carbocycles. The molecule has 0 bridgehead atoms. The molecule has 1 aromatic rings. The van der Waals surface area contributed by atoms with Crippen molar-refractivity contribution in [3.8, 4) is 5.75 Å². The zero-order chi connectivity index (χ0) is 12.9. The minimum Gasteiger partial charge on any atom is -0.489 e. The molecule has 0 saturated carbocycles. The Hall–Kier alpha value is -1.11. The highest BCUT2D eigenvalue weighted by Crippen LogP contribution is 2.10. The lowest BCUT2D eigenvalue weighted by molar-refractivity contribution is 0.224. The molecular weight excluding hydrogens is 240 g/mol. The average molecular weight is 258 g/mol. The number of benzene rings is 1. The van der Waals surface area contributed by atoms with E-state index in [0.29, 0.717) is 0 Å². The molecule has 17 heavy (non-hydrogen) atoms. The second-order valence-corrected chi connectivity index (χ2v) is 5.85. The minimum atomic E-state index is -3.38. The normalized spacial score (nSPS) is 13.6. The third-order valence-electron chi connectivity index (χ3n) is 2.11. The van der Waals surface area contributed by atoms with Crippen LogP contribution in [-0.4, -0.2) is 39.5 Å². The highest BCUT2D eigenvalue weighted by Gasteiger charge is 2.14. The predicted octanol–water partition coefficient (Wildman–Crippen LogP) is 0.850. The van der Waals surface area contributed by atoms with Gasteiger partial charge in [0.2, 0.25) is 0 Å². The van der Waals surface area contributed by atoms with Crippen LogP contribution in [-0.2, 0) is 10.2 Å². The van der Waals surface area contributed by atoms with E-state index in [1.165, 1.54) is 14.1 Å². The lowest BCUT2D eigenvalue weighted by Gasteiger charge is -2.17. The van der Waals surface area contributed by atoms with E-state index >= 15 is 0 Å². The molecule has 0 aliphatic rings. The van der Waals surface area contributed by atoms with Crippen molar-refractivity contribution in [2.75, 3.05) is 20.6 Å². The molecule has 0 unspecified atom stereocenters. The van der Waals surface area contributed by atoms with Crippen molar-refractivity contribution in [3.05, 3.63) is 30.3 Å². The van der Waals surface area contributed by atoms with Gasteiger partial charge in [-0.05, 0) is 19.1 Å². The van der Waals surface area contributed by atoms with E-state index in [4.69, 9.17) is 4.74 Å². The molecule has 0 aliphatic heterocycles. The Kier molecular flexibility index (Phi) is 4.92. The van der Waals surface area contributed by atoms with Crippen molar-refractivity contribution in [2.45, 2.75) is 13.0 Å². The predicted molar refractivity (Wildman–Crippen MR) is 67.1 cm³/mol. The Bertz CT molecular complexity index is 431. The molecule has 0 spiro atoms. The number of hydrogen-bond donors (Lipinski definition) is 1. The molecule has 5 nitrogen and oxygen atoms in total. The van der Waals surface area contributed by atoms with Gasteiger partial charge in [0.15, 0.2) is 0 Å². The van der Waals surface area contributed by atoms with E-state index < -0.39 is 10.2 Å². The summed E-state index contributed by atoms with van der Waals surface area (Å²) in [6.07, 6.45) is -0.230. The first kappa shape index (κ1) is 14.0. The number of rotatable bonds is 6. The van der Waals surface area contributed by atoms with Crippen molar-refractivity contribution < 1.29 is 13.2 Å². The van der Waals surface area contributed by atoms with Gasteiger partial charge in [0.05, 0.1) is 0 Å². The van der Waals surface area contributed by atoms with Crippen LogP contribution in [0.4, 0.5) is 0 Å². The van der Waals surface area contributed by atoms with Gasteiger partial charge in [0.25, 0.3) is 10.2 Å². The Balaban J connectivity index is 2.44. The molecule has 0 heterocycles. The second-order valence-electron chi connectivity index (χ2n) is 3.88. The maximum atomic E-state index is 11.4. The number of hydrogen-bond acceptors (Lipinski definition) is 3. The molecular formula is C11H18N2O3S. The van der Waals surface area contributed by atoms with Gasteiger partial charge in [-0.1, -0.05) is 18.2 Å². The summed E-state index contributed by atoms with van der Waals surface area (Å²) in [7, 11) is -0.428. The molecule has 1 aromatic carbocycles. The van der Waals surface area contributed by atoms with Crippen LogP contribution < -0.4 is 9.46 Å². The number of para-hydroxylation sites is 1. The summed E-state index contributed by atoms with van der Waals surface area (Å²) in [4.78, 5) is 0. The third-order valence-corrected chi connectivity index (χ3v) is 3.61. The molecule has 0 amide bonds. The van der Waals surface area contributed by atoms with E-state index in [1.807, 2.05) is 37.3 Å². The maximum absolute atomic E-state index is 11.4. The number of nitrogens with one attached hydrogen (secondary N) is 1. The fourth-order valence-corrected chi connectivity index (χ4v) is 1.83. The first-order chi connectivity index (χ1) is 7.92. The molecule has 1 atom stereocenters. The van der Waals surface area contributed by atoms with Crippen LogP contribution in [0.2, 0.25) is 0 Å². The number of nitrogens with zero attached hydrogens (tertiary/aromatic N) is 1. The molecule has 0 radical (unpaired) electrons. The van der Waals surface area contributed by atoms with Gasteiger partial charge in [-0.25, -0.2) is 0 Å². The molecule has 96 valence electrons. The highest BCUT2D eigenvalue weighted by molar-refractivity contribution is 7.87. The zero-order valence-electron chi connectivity index (χ0n) is 10.3. The van der Waals surface area contributed by atoms with Crippen LogP contribution in [0.3, 0.4) is 0 Å². The first-order valence-electron chi connectivity index (χ1n) is 5.30. The van der Waals surface area contributed by atoms with Gasteiger partial charge >= 0.3 is 0 Å². The fourth-order valence-electron chi connectivity index (χ4n) is 1.12. The van der Waals surface area contributed by atoms with E-state index in [1.54, 1.807) is 0 Å². The van der Waals surface area contributed by atoms with Gasteiger partial charge in [0, 0.05) is 20.6 Å². The van der Waals surface area contributed by atoms with E-state index in [-0.39, 0.29) is 12.6 Å². The Morgan fingerprint density at radius 2 is 1.88 bits per heavy atom. The maximum Gasteiger partial charge on any atom is 0.279 e. The SMILES string of the molecule is C[C@H](CNS(=O)(=O)N(C)C)Oc1ccccc1. The summed E-state index contributed by atoms with van der Waals surface area (Å²) in [5.41, 5.74) is 0. The summed E-state index contributed by atoms with van der Waals surface area (Å²) in [5, 5.41) is 0. The molecule has 6 heteroatoms. The molecule has 0 saturated heterocycles. The van der Waals surface area contributed by atoms with Crippen LogP contribution in [0.15, 0.2) is 30.3 Å². The quantitative estimate of drug-likeness (QED) is 0.823. The topological polar surface area (TPSA) is 58.6 Å². The van der Waals surface area contributed by atoms with Crippen LogP contribution >= 0.6 is 0 Å². The zero-order valence-corrected chi connectivity index (χ0v) is 11.1. The van der Waals surface area contributed by atoms with Gasteiger partial charge < -0.3 is 4.74 Å². The van der Waals surface area contributed by atoms with Crippen molar-refractivity contribution in [3.63, 3.8) is 0 Å². The van der Waals surface area contributed by atoms with Gasteiger partial charge in [-0.3, -0.25) is 0 Å². The van der Waals surface area contributed by atoms with Gasteiger partial charge in [-0.2, -0.15) is 17.4 Å². The number of ether oxygens (including phenoxy) is 1. The van der Waals surface area contributed by atoms with E-state index in [2.05, 4.69) is 4.72 Å². The largest absolute Gasteiger partial charge is 0.489 e. The lowest BCUT2D eigenvalue weighted by atomic mass is 10.3. The van der Waals surface area contributed by atoms with E-state index in [9.17, 15) is 8.42 Å². The van der Waals surface area contributed by atoms with Crippen LogP contribution in [0.25, 0.3) is 0 Å².